The van der Waals surface area contributed by atoms with Crippen LogP contribution in [0.15, 0.2) is 0 Å². The summed E-state index contributed by atoms with van der Waals surface area (Å²) in [7, 11) is -4.15. The molecule has 0 saturated carbocycles. The number of hydrogen-bond acceptors (Lipinski definition) is 4. The van der Waals surface area contributed by atoms with Crippen LogP contribution in [0.25, 0.3) is 0 Å². The molecule has 0 rings (SSSR count). The summed E-state index contributed by atoms with van der Waals surface area (Å²) in [5, 5.41) is 9.34. The second-order valence-corrected chi connectivity index (χ2v) is 9.82. The van der Waals surface area contributed by atoms with Gasteiger partial charge >= 0.3 is 29.6 Å². The third kappa shape index (κ3) is 20.2. The molecule has 0 fully saturated rings. The van der Waals surface area contributed by atoms with E-state index in [0.717, 1.165) is 51.4 Å². The number of aliphatic hydroxyl groups excluding tert-OH is 1. The second kappa shape index (κ2) is 21.1. The molecule has 0 radical (unpaired) electrons. The van der Waals surface area contributed by atoms with Gasteiger partial charge < -0.3 is 9.66 Å². The van der Waals surface area contributed by atoms with Crippen LogP contribution >= 0.6 is 0 Å². The van der Waals surface area contributed by atoms with Gasteiger partial charge in [0, 0.05) is 5.25 Å². The van der Waals surface area contributed by atoms with Crippen LogP contribution in [0.1, 0.15) is 129 Å². The Bertz CT molecular complexity index is 415. The zero-order valence-corrected chi connectivity index (χ0v) is 21.8. The molecular formula is C22H45NaO4S. The molecule has 0 bridgehead atoms. The van der Waals surface area contributed by atoms with Crippen LogP contribution in [0.5, 0.6) is 0 Å². The number of rotatable bonds is 20. The molecule has 0 aromatic heterocycles. The SMILES string of the molecule is CCCCCCCCCCCC(O)CCCCCCC(CCC)S(=O)(=O)[O-].[Na+]. The maximum Gasteiger partial charge on any atom is 1.00 e. The number of unbranched alkanes of at least 4 members (excludes halogenated alkanes) is 11. The fraction of sp³-hybridized carbons (Fsp3) is 1.00. The first kappa shape index (κ1) is 31.1. The van der Waals surface area contributed by atoms with Crippen LogP contribution < -0.4 is 29.6 Å². The quantitative estimate of drug-likeness (QED) is 0.183. The maximum atomic E-state index is 11.2. The summed E-state index contributed by atoms with van der Waals surface area (Å²) in [6, 6.07) is 0. The predicted molar refractivity (Wildman–Crippen MR) is 114 cm³/mol. The van der Waals surface area contributed by atoms with Gasteiger partial charge in [-0.05, 0) is 25.7 Å². The average molecular weight is 429 g/mol. The van der Waals surface area contributed by atoms with E-state index < -0.39 is 15.4 Å². The van der Waals surface area contributed by atoms with Gasteiger partial charge in [0.2, 0.25) is 0 Å². The molecule has 6 heteroatoms. The maximum absolute atomic E-state index is 11.2. The minimum Gasteiger partial charge on any atom is -0.748 e. The van der Waals surface area contributed by atoms with E-state index in [1.807, 2.05) is 6.92 Å². The molecule has 0 heterocycles. The Kier molecular flexibility index (Phi) is 23.4. The van der Waals surface area contributed by atoms with E-state index in [-0.39, 0.29) is 35.7 Å². The van der Waals surface area contributed by atoms with E-state index >= 15 is 0 Å². The fourth-order valence-corrected chi connectivity index (χ4v) is 4.68. The Morgan fingerprint density at radius 3 is 1.43 bits per heavy atom. The fourth-order valence-electron chi connectivity index (χ4n) is 3.70. The summed E-state index contributed by atoms with van der Waals surface area (Å²) < 4.78 is 33.5. The summed E-state index contributed by atoms with van der Waals surface area (Å²) in [6.45, 7) is 4.16. The molecule has 2 atom stereocenters. The molecule has 0 amide bonds. The van der Waals surface area contributed by atoms with Gasteiger partial charge in [0.05, 0.1) is 16.2 Å². The van der Waals surface area contributed by atoms with Crippen molar-refractivity contribution in [1.82, 2.24) is 0 Å². The van der Waals surface area contributed by atoms with E-state index in [4.69, 9.17) is 0 Å². The summed E-state index contributed by atoms with van der Waals surface area (Å²) in [6.07, 6.45) is 18.7. The van der Waals surface area contributed by atoms with Crippen molar-refractivity contribution in [2.24, 2.45) is 0 Å². The molecule has 0 spiro atoms. The molecule has 4 nitrogen and oxygen atoms in total. The van der Waals surface area contributed by atoms with Gasteiger partial charge in [-0.2, -0.15) is 0 Å². The van der Waals surface area contributed by atoms with Crippen LogP contribution in [0, 0.1) is 0 Å². The number of hydrogen-bond donors (Lipinski definition) is 1. The van der Waals surface area contributed by atoms with Gasteiger partial charge in [-0.1, -0.05) is 104 Å². The van der Waals surface area contributed by atoms with Crippen molar-refractivity contribution in [3.05, 3.63) is 0 Å². The molecule has 0 aromatic carbocycles. The van der Waals surface area contributed by atoms with E-state index in [9.17, 15) is 18.1 Å². The van der Waals surface area contributed by atoms with Crippen molar-refractivity contribution in [1.29, 1.82) is 0 Å². The normalized spacial score (nSPS) is 13.9. The van der Waals surface area contributed by atoms with E-state index in [2.05, 4.69) is 6.92 Å². The summed E-state index contributed by atoms with van der Waals surface area (Å²) in [5.41, 5.74) is 0. The largest absolute Gasteiger partial charge is 1.00 e. The van der Waals surface area contributed by atoms with Crippen LogP contribution in [-0.4, -0.2) is 29.4 Å². The van der Waals surface area contributed by atoms with E-state index in [1.54, 1.807) is 0 Å². The Morgan fingerprint density at radius 2 is 1.04 bits per heavy atom. The van der Waals surface area contributed by atoms with E-state index in [0.29, 0.717) is 12.8 Å². The Morgan fingerprint density at radius 1 is 0.643 bits per heavy atom. The zero-order chi connectivity index (χ0) is 20.4. The van der Waals surface area contributed by atoms with Crippen LogP contribution in [0.4, 0.5) is 0 Å². The first-order valence-electron chi connectivity index (χ1n) is 11.5. The van der Waals surface area contributed by atoms with Crippen LogP contribution in [0.2, 0.25) is 0 Å². The topological polar surface area (TPSA) is 77.4 Å². The first-order chi connectivity index (χ1) is 12.9. The monoisotopic (exact) mass is 428 g/mol. The first-order valence-corrected chi connectivity index (χ1v) is 13.0. The van der Waals surface area contributed by atoms with Crippen molar-refractivity contribution in [2.45, 2.75) is 141 Å². The van der Waals surface area contributed by atoms with Crippen LogP contribution in [0.3, 0.4) is 0 Å². The van der Waals surface area contributed by atoms with Gasteiger partial charge in [-0.25, -0.2) is 8.42 Å². The molecule has 1 N–H and O–H groups in total. The minimum absolute atomic E-state index is 0. The smallest absolute Gasteiger partial charge is 0.748 e. The van der Waals surface area contributed by atoms with Gasteiger partial charge in [0.1, 0.15) is 0 Å². The Labute approximate surface area is 197 Å². The van der Waals surface area contributed by atoms with Crippen molar-refractivity contribution >= 4 is 10.1 Å². The number of aliphatic hydroxyl groups is 1. The zero-order valence-electron chi connectivity index (χ0n) is 19.0. The Balaban J connectivity index is 0. The van der Waals surface area contributed by atoms with Crippen molar-refractivity contribution < 1.29 is 47.6 Å². The molecular weight excluding hydrogens is 383 g/mol. The minimum atomic E-state index is -4.15. The molecule has 28 heavy (non-hydrogen) atoms. The standard InChI is InChI=1S/C22H46O4S.Na/c1-3-5-6-7-8-9-10-11-14-18-21(23)19-15-12-13-16-20-22(17-4-2)27(24,25)26;/h21-23H,3-20H2,1-2H3,(H,24,25,26);/q;+1/p-1. The van der Waals surface area contributed by atoms with Gasteiger partial charge in [-0.3, -0.25) is 0 Å². The third-order valence-corrected chi connectivity index (χ3v) is 6.76. The van der Waals surface area contributed by atoms with Gasteiger partial charge in [0.15, 0.2) is 0 Å². The van der Waals surface area contributed by atoms with Crippen molar-refractivity contribution in [3.8, 4) is 0 Å². The summed E-state index contributed by atoms with van der Waals surface area (Å²) in [4.78, 5) is 0. The molecule has 0 aliphatic carbocycles. The molecule has 164 valence electrons. The Hall–Kier alpha value is 0.870. The third-order valence-electron chi connectivity index (χ3n) is 5.47. The molecule has 0 aliphatic heterocycles. The molecule has 0 saturated heterocycles. The summed E-state index contributed by atoms with van der Waals surface area (Å²) in [5.74, 6) is 0. The second-order valence-electron chi connectivity index (χ2n) is 8.17. The van der Waals surface area contributed by atoms with Gasteiger partial charge in [-0.15, -0.1) is 0 Å². The molecule has 0 aliphatic rings. The predicted octanol–water partition coefficient (Wildman–Crippen LogP) is 3.33. The van der Waals surface area contributed by atoms with E-state index in [1.165, 1.54) is 51.4 Å². The molecule has 2 unspecified atom stereocenters. The molecule has 0 aromatic rings. The van der Waals surface area contributed by atoms with Gasteiger partial charge in [0.25, 0.3) is 0 Å². The van der Waals surface area contributed by atoms with Crippen LogP contribution in [-0.2, 0) is 10.1 Å². The van der Waals surface area contributed by atoms with Crippen molar-refractivity contribution in [2.75, 3.05) is 0 Å². The van der Waals surface area contributed by atoms with Crippen molar-refractivity contribution in [3.63, 3.8) is 0 Å². The average Bonchev–Trinajstić information content (AvgIpc) is 2.61. The summed E-state index contributed by atoms with van der Waals surface area (Å²) >= 11 is 0.